The Balaban J connectivity index is 1.90. The van der Waals surface area contributed by atoms with Crippen molar-refractivity contribution in [3.8, 4) is 6.07 Å². The molecule has 0 aromatic carbocycles. The summed E-state index contributed by atoms with van der Waals surface area (Å²) in [6.45, 7) is 3.87. The van der Waals surface area contributed by atoms with E-state index in [-0.39, 0.29) is 11.6 Å². The van der Waals surface area contributed by atoms with Gasteiger partial charge in [0.1, 0.15) is 5.54 Å². The van der Waals surface area contributed by atoms with Crippen molar-refractivity contribution >= 4 is 0 Å². The van der Waals surface area contributed by atoms with E-state index in [2.05, 4.69) is 18.3 Å². The normalized spacial score (nSPS) is 36.1. The highest BCUT2D eigenvalue weighted by Gasteiger charge is 2.37. The number of hydrogen-bond acceptors (Lipinski definition) is 3. The number of nitrogens with zero attached hydrogens (tertiary/aromatic N) is 1. The Kier molecular flexibility index (Phi) is 3.28. The van der Waals surface area contributed by atoms with E-state index >= 15 is 0 Å². The first-order valence-corrected chi connectivity index (χ1v) is 6.06. The lowest BCUT2D eigenvalue weighted by Gasteiger charge is -2.36. The molecule has 1 saturated carbocycles. The van der Waals surface area contributed by atoms with Crippen LogP contribution in [-0.2, 0) is 4.74 Å². The van der Waals surface area contributed by atoms with Crippen LogP contribution in [0, 0.1) is 17.2 Å². The second kappa shape index (κ2) is 4.51. The molecule has 2 rings (SSSR count). The van der Waals surface area contributed by atoms with Crippen molar-refractivity contribution in [1.82, 2.24) is 5.32 Å². The minimum atomic E-state index is -0.304. The number of rotatable bonds is 4. The average Bonchev–Trinajstić information content (AvgIpc) is 3.10. The zero-order chi connectivity index (χ0) is 10.7. The highest BCUT2D eigenvalue weighted by atomic mass is 16.5. The van der Waals surface area contributed by atoms with Crippen LogP contribution in [0.25, 0.3) is 0 Å². The molecule has 1 saturated heterocycles. The third kappa shape index (κ3) is 2.70. The summed E-state index contributed by atoms with van der Waals surface area (Å²) in [5, 5.41) is 12.8. The van der Waals surface area contributed by atoms with Crippen LogP contribution in [0.5, 0.6) is 0 Å². The van der Waals surface area contributed by atoms with Gasteiger partial charge in [0.05, 0.1) is 12.2 Å². The van der Waals surface area contributed by atoms with Crippen LogP contribution in [0.3, 0.4) is 0 Å². The highest BCUT2D eigenvalue weighted by Crippen LogP contribution is 2.31. The lowest BCUT2D eigenvalue weighted by molar-refractivity contribution is -0.0159. The van der Waals surface area contributed by atoms with Crippen LogP contribution in [0.15, 0.2) is 0 Å². The molecule has 3 heteroatoms. The molecule has 1 N–H and O–H groups in total. The van der Waals surface area contributed by atoms with Gasteiger partial charge in [-0.2, -0.15) is 5.26 Å². The minimum Gasteiger partial charge on any atom is -0.378 e. The summed E-state index contributed by atoms with van der Waals surface area (Å²) < 4.78 is 5.62. The fourth-order valence-electron chi connectivity index (χ4n) is 2.17. The Hall–Kier alpha value is -0.590. The molecule has 2 atom stereocenters. The van der Waals surface area contributed by atoms with Gasteiger partial charge >= 0.3 is 0 Å². The molecule has 0 aromatic rings. The first-order chi connectivity index (χ1) is 7.28. The van der Waals surface area contributed by atoms with Crippen LogP contribution in [0.2, 0.25) is 0 Å². The second-order valence-electron chi connectivity index (χ2n) is 4.87. The summed E-state index contributed by atoms with van der Waals surface area (Å²) in [6.07, 6.45) is 5.64. The largest absolute Gasteiger partial charge is 0.378 e. The first-order valence-electron chi connectivity index (χ1n) is 6.06. The molecule has 1 aliphatic heterocycles. The predicted octanol–water partition coefficient (Wildman–Crippen LogP) is 1.84. The molecule has 2 aliphatic rings. The van der Waals surface area contributed by atoms with Crippen molar-refractivity contribution < 1.29 is 4.74 Å². The van der Waals surface area contributed by atoms with Gasteiger partial charge in [-0.1, -0.05) is 6.92 Å². The Bertz CT molecular complexity index is 257. The molecule has 15 heavy (non-hydrogen) atoms. The van der Waals surface area contributed by atoms with Crippen LogP contribution >= 0.6 is 0 Å². The van der Waals surface area contributed by atoms with E-state index in [4.69, 9.17) is 4.74 Å². The SMILES string of the molecule is CCC1CC(C#N)(NCC2CC2)CCO1. The molecule has 0 aromatic heterocycles. The monoisotopic (exact) mass is 208 g/mol. The minimum absolute atomic E-state index is 0.269. The van der Waals surface area contributed by atoms with Crippen molar-refractivity contribution in [3.05, 3.63) is 0 Å². The van der Waals surface area contributed by atoms with Crippen LogP contribution in [0.4, 0.5) is 0 Å². The quantitative estimate of drug-likeness (QED) is 0.766. The van der Waals surface area contributed by atoms with E-state index in [9.17, 15) is 5.26 Å². The average molecular weight is 208 g/mol. The maximum absolute atomic E-state index is 9.32. The lowest BCUT2D eigenvalue weighted by Crippen LogP contribution is -2.51. The first kappa shape index (κ1) is 10.9. The van der Waals surface area contributed by atoms with Gasteiger partial charge in [-0.05, 0) is 31.7 Å². The maximum Gasteiger partial charge on any atom is 0.111 e. The highest BCUT2D eigenvalue weighted by molar-refractivity contribution is 5.10. The summed E-state index contributed by atoms with van der Waals surface area (Å²) in [4.78, 5) is 0. The van der Waals surface area contributed by atoms with E-state index < -0.39 is 0 Å². The van der Waals surface area contributed by atoms with E-state index in [1.165, 1.54) is 12.8 Å². The molecule has 0 radical (unpaired) electrons. The van der Waals surface area contributed by atoms with Crippen molar-refractivity contribution in [3.63, 3.8) is 0 Å². The summed E-state index contributed by atoms with van der Waals surface area (Å²) in [7, 11) is 0. The smallest absolute Gasteiger partial charge is 0.111 e. The molecule has 0 amide bonds. The van der Waals surface area contributed by atoms with Gasteiger partial charge in [0, 0.05) is 19.4 Å². The fourth-order valence-corrected chi connectivity index (χ4v) is 2.17. The van der Waals surface area contributed by atoms with Crippen molar-refractivity contribution in [2.45, 2.75) is 50.7 Å². The van der Waals surface area contributed by atoms with Crippen molar-refractivity contribution in [1.29, 1.82) is 5.26 Å². The number of ether oxygens (including phenoxy) is 1. The molecule has 2 fully saturated rings. The number of nitrogens with one attached hydrogen (secondary N) is 1. The molecule has 1 aliphatic carbocycles. The topological polar surface area (TPSA) is 45.0 Å². The van der Waals surface area contributed by atoms with Gasteiger partial charge in [-0.15, -0.1) is 0 Å². The maximum atomic E-state index is 9.32. The number of nitriles is 1. The second-order valence-corrected chi connectivity index (χ2v) is 4.87. The summed E-state index contributed by atoms with van der Waals surface area (Å²) in [5.41, 5.74) is -0.304. The Morgan fingerprint density at radius 3 is 2.93 bits per heavy atom. The van der Waals surface area contributed by atoms with E-state index in [0.717, 1.165) is 38.3 Å². The standard InChI is InChI=1S/C12H20N2O/c1-2-11-7-12(9-13,5-6-15-11)14-8-10-3-4-10/h10-11,14H,2-8H2,1H3. The summed E-state index contributed by atoms with van der Waals surface area (Å²) in [6, 6.07) is 2.47. The third-order valence-electron chi connectivity index (χ3n) is 3.55. The van der Waals surface area contributed by atoms with Gasteiger partial charge in [0.2, 0.25) is 0 Å². The van der Waals surface area contributed by atoms with E-state index in [1.807, 2.05) is 0 Å². The number of hydrogen-bond donors (Lipinski definition) is 1. The molecule has 3 nitrogen and oxygen atoms in total. The molecule has 0 bridgehead atoms. The Morgan fingerprint density at radius 2 is 2.33 bits per heavy atom. The molecule has 84 valence electrons. The van der Waals surface area contributed by atoms with Crippen molar-refractivity contribution in [2.75, 3.05) is 13.2 Å². The van der Waals surface area contributed by atoms with E-state index in [0.29, 0.717) is 0 Å². The molecule has 2 unspecified atom stereocenters. The summed E-state index contributed by atoms with van der Waals surface area (Å²) >= 11 is 0. The Morgan fingerprint density at radius 1 is 1.53 bits per heavy atom. The van der Waals surface area contributed by atoms with Crippen molar-refractivity contribution in [2.24, 2.45) is 5.92 Å². The lowest BCUT2D eigenvalue weighted by atomic mass is 9.87. The predicted molar refractivity (Wildman–Crippen MR) is 58.3 cm³/mol. The van der Waals surface area contributed by atoms with E-state index in [1.54, 1.807) is 0 Å². The fraction of sp³-hybridized carbons (Fsp3) is 0.917. The summed E-state index contributed by atoms with van der Waals surface area (Å²) in [5.74, 6) is 0.832. The van der Waals surface area contributed by atoms with Gasteiger partial charge < -0.3 is 4.74 Å². The molecule has 0 spiro atoms. The zero-order valence-corrected chi connectivity index (χ0v) is 9.46. The molecular weight excluding hydrogens is 188 g/mol. The van der Waals surface area contributed by atoms with Gasteiger partial charge in [-0.3, -0.25) is 5.32 Å². The Labute approximate surface area is 91.8 Å². The third-order valence-corrected chi connectivity index (χ3v) is 3.55. The van der Waals surface area contributed by atoms with Gasteiger partial charge in [0.25, 0.3) is 0 Å². The van der Waals surface area contributed by atoms with Gasteiger partial charge in [-0.25, -0.2) is 0 Å². The van der Waals surface area contributed by atoms with Crippen LogP contribution in [-0.4, -0.2) is 24.8 Å². The molecular formula is C12H20N2O. The zero-order valence-electron chi connectivity index (χ0n) is 9.46. The molecule has 1 heterocycles. The van der Waals surface area contributed by atoms with Crippen LogP contribution in [0.1, 0.15) is 39.0 Å². The van der Waals surface area contributed by atoms with Crippen LogP contribution < -0.4 is 5.32 Å². The van der Waals surface area contributed by atoms with Gasteiger partial charge in [0.15, 0.2) is 0 Å².